The molecule has 1 aliphatic rings. The Hall–Kier alpha value is -0.880. The molecule has 3 N–H and O–H groups in total. The Bertz CT molecular complexity index is 398. The normalized spacial score (nSPS) is 21.4. The molecule has 0 amide bonds. The number of nitrogens with one attached hydrogen (secondary N) is 3. The molecule has 16 heavy (non-hydrogen) atoms. The zero-order chi connectivity index (χ0) is 11.4. The maximum atomic E-state index is 11.4. The average Bonchev–Trinajstić information content (AvgIpc) is 2.53. The second-order valence-electron chi connectivity index (χ2n) is 3.94. The highest BCUT2D eigenvalue weighted by atomic mass is 79.9. The second-order valence-corrected chi connectivity index (χ2v) is 4.73. The van der Waals surface area contributed by atoms with E-state index in [1.54, 1.807) is 0 Å². The standard InChI is InChI=1S/C10H15BrN4O/c11-8-9(13-6-14-10(8)16)15-7-3-1-2-4-12-5-7/h6-7,12H,1-5H2,(H2,13,14,15,16). The molecule has 1 atom stereocenters. The molecule has 2 rings (SSSR count). The van der Waals surface area contributed by atoms with Gasteiger partial charge in [0.25, 0.3) is 5.56 Å². The fourth-order valence-electron chi connectivity index (χ4n) is 1.82. The van der Waals surface area contributed by atoms with E-state index in [1.165, 1.54) is 19.2 Å². The first-order valence-corrected chi connectivity index (χ1v) is 6.27. The Morgan fingerprint density at radius 2 is 2.38 bits per heavy atom. The maximum Gasteiger partial charge on any atom is 0.267 e. The molecule has 0 saturated carbocycles. The molecule has 0 bridgehead atoms. The first kappa shape index (κ1) is 11.6. The van der Waals surface area contributed by atoms with E-state index in [-0.39, 0.29) is 5.56 Å². The van der Waals surface area contributed by atoms with Crippen molar-refractivity contribution in [2.45, 2.75) is 25.3 Å². The van der Waals surface area contributed by atoms with E-state index in [0.29, 0.717) is 16.3 Å². The van der Waals surface area contributed by atoms with Gasteiger partial charge in [-0.1, -0.05) is 6.42 Å². The smallest absolute Gasteiger partial charge is 0.267 e. The van der Waals surface area contributed by atoms with Crippen LogP contribution in [-0.2, 0) is 0 Å². The molecule has 5 nitrogen and oxygen atoms in total. The van der Waals surface area contributed by atoms with Crippen molar-refractivity contribution in [3.63, 3.8) is 0 Å². The van der Waals surface area contributed by atoms with Crippen LogP contribution in [0.1, 0.15) is 19.3 Å². The van der Waals surface area contributed by atoms with Crippen molar-refractivity contribution < 1.29 is 0 Å². The lowest BCUT2D eigenvalue weighted by Crippen LogP contribution is -2.32. The molecule has 1 unspecified atom stereocenters. The first-order chi connectivity index (χ1) is 7.77. The third-order valence-electron chi connectivity index (χ3n) is 2.68. The van der Waals surface area contributed by atoms with Crippen LogP contribution >= 0.6 is 15.9 Å². The number of hydrogen-bond acceptors (Lipinski definition) is 4. The largest absolute Gasteiger partial charge is 0.365 e. The van der Waals surface area contributed by atoms with Crippen LogP contribution in [-0.4, -0.2) is 29.1 Å². The minimum atomic E-state index is -0.154. The van der Waals surface area contributed by atoms with Crippen LogP contribution in [0.2, 0.25) is 0 Å². The van der Waals surface area contributed by atoms with Crippen LogP contribution < -0.4 is 16.2 Å². The van der Waals surface area contributed by atoms with Gasteiger partial charge < -0.3 is 15.6 Å². The average molecular weight is 287 g/mol. The van der Waals surface area contributed by atoms with Crippen molar-refractivity contribution in [2.24, 2.45) is 0 Å². The van der Waals surface area contributed by atoms with E-state index < -0.39 is 0 Å². The predicted molar refractivity (Wildman–Crippen MR) is 66.7 cm³/mol. The second kappa shape index (κ2) is 5.45. The molecule has 1 aliphatic heterocycles. The monoisotopic (exact) mass is 286 g/mol. The summed E-state index contributed by atoms with van der Waals surface area (Å²) in [7, 11) is 0. The lowest BCUT2D eigenvalue weighted by atomic mass is 10.1. The fourth-order valence-corrected chi connectivity index (χ4v) is 2.15. The van der Waals surface area contributed by atoms with Crippen molar-refractivity contribution in [3.05, 3.63) is 21.2 Å². The Kier molecular flexibility index (Phi) is 3.95. The van der Waals surface area contributed by atoms with Crippen molar-refractivity contribution in [3.8, 4) is 0 Å². The van der Waals surface area contributed by atoms with E-state index >= 15 is 0 Å². The number of aromatic amines is 1. The van der Waals surface area contributed by atoms with Gasteiger partial charge in [0.15, 0.2) is 0 Å². The predicted octanol–water partition coefficient (Wildman–Crippen LogP) is 1.09. The third-order valence-corrected chi connectivity index (χ3v) is 3.42. The molecule has 0 radical (unpaired) electrons. The molecular weight excluding hydrogens is 272 g/mol. The number of hydrogen-bond donors (Lipinski definition) is 3. The number of rotatable bonds is 2. The van der Waals surface area contributed by atoms with E-state index in [0.717, 1.165) is 19.5 Å². The summed E-state index contributed by atoms with van der Waals surface area (Å²) in [5.74, 6) is 0.623. The minimum absolute atomic E-state index is 0.154. The summed E-state index contributed by atoms with van der Waals surface area (Å²) in [6.07, 6.45) is 4.93. The van der Waals surface area contributed by atoms with Crippen LogP contribution in [0.3, 0.4) is 0 Å². The summed E-state index contributed by atoms with van der Waals surface area (Å²) in [6, 6.07) is 0.341. The van der Waals surface area contributed by atoms with Gasteiger partial charge in [-0.05, 0) is 35.3 Å². The Morgan fingerprint density at radius 1 is 1.50 bits per heavy atom. The lowest BCUT2D eigenvalue weighted by Gasteiger charge is -2.17. The summed E-state index contributed by atoms with van der Waals surface area (Å²) in [5.41, 5.74) is -0.154. The van der Waals surface area contributed by atoms with E-state index in [2.05, 4.69) is 36.5 Å². The molecule has 0 aromatic carbocycles. The Labute approximate surface area is 102 Å². The van der Waals surface area contributed by atoms with E-state index in [1.807, 2.05) is 0 Å². The fraction of sp³-hybridized carbons (Fsp3) is 0.600. The maximum absolute atomic E-state index is 11.4. The summed E-state index contributed by atoms with van der Waals surface area (Å²) >= 11 is 3.24. The number of halogens is 1. The highest BCUT2D eigenvalue weighted by molar-refractivity contribution is 9.10. The third kappa shape index (κ3) is 2.82. The summed E-state index contributed by atoms with van der Waals surface area (Å²) in [5, 5.41) is 6.65. The van der Waals surface area contributed by atoms with Gasteiger partial charge in [0.2, 0.25) is 0 Å². The zero-order valence-corrected chi connectivity index (χ0v) is 10.5. The topological polar surface area (TPSA) is 69.8 Å². The molecule has 1 saturated heterocycles. The van der Waals surface area contributed by atoms with Gasteiger partial charge in [-0.3, -0.25) is 4.79 Å². The number of anilines is 1. The number of H-pyrrole nitrogens is 1. The van der Waals surface area contributed by atoms with Gasteiger partial charge >= 0.3 is 0 Å². The zero-order valence-electron chi connectivity index (χ0n) is 8.92. The van der Waals surface area contributed by atoms with Crippen LogP contribution in [0.4, 0.5) is 5.82 Å². The van der Waals surface area contributed by atoms with Crippen LogP contribution in [0, 0.1) is 0 Å². The summed E-state index contributed by atoms with van der Waals surface area (Å²) in [6.45, 7) is 1.99. The SMILES string of the molecule is O=c1[nH]cnc(NC2CCCCNC2)c1Br. The molecule has 88 valence electrons. The highest BCUT2D eigenvalue weighted by Gasteiger charge is 2.14. The van der Waals surface area contributed by atoms with Crippen LogP contribution in [0.15, 0.2) is 15.6 Å². The van der Waals surface area contributed by atoms with Crippen LogP contribution in [0.25, 0.3) is 0 Å². The van der Waals surface area contributed by atoms with Gasteiger partial charge in [-0.2, -0.15) is 0 Å². The van der Waals surface area contributed by atoms with Gasteiger partial charge in [0.1, 0.15) is 10.3 Å². The molecule has 0 spiro atoms. The van der Waals surface area contributed by atoms with Crippen molar-refractivity contribution >= 4 is 21.7 Å². The highest BCUT2D eigenvalue weighted by Crippen LogP contribution is 2.16. The first-order valence-electron chi connectivity index (χ1n) is 5.48. The Morgan fingerprint density at radius 3 is 3.25 bits per heavy atom. The molecule has 1 fully saturated rings. The molecular formula is C10H15BrN4O. The molecule has 1 aromatic rings. The van der Waals surface area contributed by atoms with Crippen molar-refractivity contribution in [1.29, 1.82) is 0 Å². The minimum Gasteiger partial charge on any atom is -0.365 e. The van der Waals surface area contributed by atoms with Gasteiger partial charge in [0, 0.05) is 12.6 Å². The quantitative estimate of drug-likeness (QED) is 0.761. The number of aromatic nitrogens is 2. The van der Waals surface area contributed by atoms with Gasteiger partial charge in [0.05, 0.1) is 6.33 Å². The van der Waals surface area contributed by atoms with Crippen molar-refractivity contribution in [1.82, 2.24) is 15.3 Å². The molecule has 1 aromatic heterocycles. The van der Waals surface area contributed by atoms with E-state index in [9.17, 15) is 4.79 Å². The number of nitrogens with zero attached hydrogens (tertiary/aromatic N) is 1. The van der Waals surface area contributed by atoms with Crippen molar-refractivity contribution in [2.75, 3.05) is 18.4 Å². The van der Waals surface area contributed by atoms with Gasteiger partial charge in [-0.15, -0.1) is 0 Å². The van der Waals surface area contributed by atoms with Gasteiger partial charge in [-0.25, -0.2) is 4.98 Å². The van der Waals surface area contributed by atoms with E-state index in [4.69, 9.17) is 0 Å². The molecule has 0 aliphatic carbocycles. The lowest BCUT2D eigenvalue weighted by molar-refractivity contribution is 0.633. The summed E-state index contributed by atoms with van der Waals surface area (Å²) < 4.78 is 0.472. The van der Waals surface area contributed by atoms with Crippen LogP contribution in [0.5, 0.6) is 0 Å². The summed E-state index contributed by atoms with van der Waals surface area (Å²) in [4.78, 5) is 18.0. The molecule has 6 heteroatoms. The Balaban J connectivity index is 2.07. The molecule has 2 heterocycles.